The van der Waals surface area contributed by atoms with Crippen LogP contribution in [0.2, 0.25) is 0 Å². The van der Waals surface area contributed by atoms with Gasteiger partial charge in [0, 0.05) is 19.0 Å². The standard InChI is InChI=1S/C8H11N3.C6H6O3S/c1-2-5(1)8-10-6-3-9-4-7(6)11-8;7-10(8,9)6-4-2-1-3-5-6/h5,9H,1-4H2,(H,10,11);1-5H,(H,7,8,9). The minimum absolute atomic E-state index is 0.0741. The number of H-pyrrole nitrogens is 1. The Morgan fingerprint density at radius 3 is 2.38 bits per heavy atom. The summed E-state index contributed by atoms with van der Waals surface area (Å²) in [5, 5.41) is 3.26. The molecule has 112 valence electrons. The molecule has 1 aromatic carbocycles. The number of fused-ring (bicyclic) bond motifs is 1. The molecule has 0 amide bonds. The molecule has 0 bridgehead atoms. The van der Waals surface area contributed by atoms with Crippen molar-refractivity contribution in [2.75, 3.05) is 0 Å². The predicted molar refractivity (Wildman–Crippen MR) is 77.4 cm³/mol. The first-order valence-corrected chi connectivity index (χ1v) is 8.29. The number of hydrogen-bond acceptors (Lipinski definition) is 4. The van der Waals surface area contributed by atoms with Gasteiger partial charge in [0.25, 0.3) is 10.1 Å². The molecular weight excluding hydrogens is 290 g/mol. The third kappa shape index (κ3) is 3.49. The third-order valence-corrected chi connectivity index (χ3v) is 4.35. The van der Waals surface area contributed by atoms with Crippen molar-refractivity contribution in [3.63, 3.8) is 0 Å². The van der Waals surface area contributed by atoms with Gasteiger partial charge in [0.1, 0.15) is 5.82 Å². The summed E-state index contributed by atoms with van der Waals surface area (Å²) in [6, 6.07) is 7.42. The Labute approximate surface area is 123 Å². The Morgan fingerprint density at radius 2 is 1.86 bits per heavy atom. The Bertz CT molecular complexity index is 700. The van der Waals surface area contributed by atoms with Crippen LogP contribution in [0.1, 0.15) is 36.0 Å². The van der Waals surface area contributed by atoms with Crippen molar-refractivity contribution in [2.45, 2.75) is 36.7 Å². The van der Waals surface area contributed by atoms with E-state index in [1.165, 1.54) is 42.2 Å². The smallest absolute Gasteiger partial charge is 0.294 e. The van der Waals surface area contributed by atoms with Crippen molar-refractivity contribution < 1.29 is 13.0 Å². The van der Waals surface area contributed by atoms with E-state index in [1.54, 1.807) is 18.2 Å². The lowest BCUT2D eigenvalue weighted by atomic mass is 10.4. The maximum absolute atomic E-state index is 10.4. The van der Waals surface area contributed by atoms with E-state index >= 15 is 0 Å². The van der Waals surface area contributed by atoms with Gasteiger partial charge in [-0.15, -0.1) is 0 Å². The summed E-state index contributed by atoms with van der Waals surface area (Å²) in [5.74, 6) is 2.00. The fourth-order valence-corrected chi connectivity index (χ4v) is 2.71. The van der Waals surface area contributed by atoms with Crippen molar-refractivity contribution in [1.82, 2.24) is 15.3 Å². The zero-order chi connectivity index (χ0) is 14.9. The summed E-state index contributed by atoms with van der Waals surface area (Å²) in [6.45, 7) is 1.94. The van der Waals surface area contributed by atoms with Crippen molar-refractivity contribution in [1.29, 1.82) is 0 Å². The molecule has 2 heterocycles. The highest BCUT2D eigenvalue weighted by molar-refractivity contribution is 7.85. The molecule has 0 atom stereocenters. The van der Waals surface area contributed by atoms with Gasteiger partial charge in [-0.2, -0.15) is 8.42 Å². The van der Waals surface area contributed by atoms with Gasteiger partial charge in [-0.25, -0.2) is 4.98 Å². The summed E-state index contributed by atoms with van der Waals surface area (Å²) in [6.07, 6.45) is 2.67. The number of aromatic amines is 1. The molecule has 4 rings (SSSR count). The van der Waals surface area contributed by atoms with Gasteiger partial charge < -0.3 is 10.3 Å². The van der Waals surface area contributed by atoms with Crippen molar-refractivity contribution in [3.8, 4) is 0 Å². The topological polar surface area (TPSA) is 95.1 Å². The maximum atomic E-state index is 10.4. The third-order valence-electron chi connectivity index (χ3n) is 3.48. The Hall–Kier alpha value is -1.70. The minimum Gasteiger partial charge on any atom is -0.344 e. The second-order valence-corrected chi connectivity index (χ2v) is 6.63. The summed E-state index contributed by atoms with van der Waals surface area (Å²) >= 11 is 0. The lowest BCUT2D eigenvalue weighted by molar-refractivity contribution is 0.483. The van der Waals surface area contributed by atoms with Crippen LogP contribution in [0, 0.1) is 0 Å². The van der Waals surface area contributed by atoms with Crippen LogP contribution in [0.25, 0.3) is 0 Å². The van der Waals surface area contributed by atoms with Crippen molar-refractivity contribution in [2.24, 2.45) is 0 Å². The minimum atomic E-state index is -4.00. The van der Waals surface area contributed by atoms with E-state index in [0.29, 0.717) is 0 Å². The molecule has 7 heteroatoms. The van der Waals surface area contributed by atoms with Crippen LogP contribution in [0.4, 0.5) is 0 Å². The molecule has 0 radical (unpaired) electrons. The van der Waals surface area contributed by atoms with E-state index in [4.69, 9.17) is 4.55 Å². The first kappa shape index (κ1) is 14.2. The molecular formula is C14H17N3O3S. The average Bonchev–Trinajstić information content (AvgIpc) is 3.08. The predicted octanol–water partition coefficient (Wildman–Crippen LogP) is 1.82. The normalized spacial score (nSPS) is 17.0. The van der Waals surface area contributed by atoms with E-state index in [1.807, 2.05) is 0 Å². The molecule has 6 nitrogen and oxygen atoms in total. The van der Waals surface area contributed by atoms with Gasteiger partial charge >= 0.3 is 0 Å². The largest absolute Gasteiger partial charge is 0.344 e. The van der Waals surface area contributed by atoms with E-state index < -0.39 is 10.1 Å². The number of nitrogens with one attached hydrogen (secondary N) is 2. The molecule has 3 N–H and O–H groups in total. The van der Waals surface area contributed by atoms with Gasteiger partial charge in [-0.3, -0.25) is 4.55 Å². The fourth-order valence-electron chi connectivity index (χ4n) is 2.21. The lowest BCUT2D eigenvalue weighted by Crippen LogP contribution is -2.03. The highest BCUT2D eigenvalue weighted by Gasteiger charge is 2.28. The van der Waals surface area contributed by atoms with E-state index in [-0.39, 0.29) is 4.90 Å². The fraction of sp³-hybridized carbons (Fsp3) is 0.357. The quantitative estimate of drug-likeness (QED) is 0.736. The van der Waals surface area contributed by atoms with Crippen LogP contribution in [0.5, 0.6) is 0 Å². The molecule has 21 heavy (non-hydrogen) atoms. The zero-order valence-electron chi connectivity index (χ0n) is 11.4. The van der Waals surface area contributed by atoms with Crippen LogP contribution < -0.4 is 5.32 Å². The number of hydrogen-bond donors (Lipinski definition) is 3. The Balaban J connectivity index is 0.000000127. The second kappa shape index (κ2) is 5.59. The first-order chi connectivity index (χ1) is 10.0. The molecule has 1 fully saturated rings. The highest BCUT2D eigenvalue weighted by Crippen LogP contribution is 2.38. The van der Waals surface area contributed by atoms with E-state index in [9.17, 15) is 8.42 Å². The van der Waals surface area contributed by atoms with Crippen LogP contribution in [0.15, 0.2) is 35.2 Å². The van der Waals surface area contributed by atoms with Crippen molar-refractivity contribution >= 4 is 10.1 Å². The van der Waals surface area contributed by atoms with Crippen LogP contribution >= 0.6 is 0 Å². The molecule has 0 spiro atoms. The first-order valence-electron chi connectivity index (χ1n) is 6.85. The Morgan fingerprint density at radius 1 is 1.14 bits per heavy atom. The van der Waals surface area contributed by atoms with Gasteiger partial charge in [0.05, 0.1) is 16.3 Å². The van der Waals surface area contributed by atoms with Gasteiger partial charge in [0.15, 0.2) is 0 Å². The zero-order valence-corrected chi connectivity index (χ0v) is 12.2. The second-order valence-electron chi connectivity index (χ2n) is 5.21. The van der Waals surface area contributed by atoms with Crippen LogP contribution in [-0.2, 0) is 23.2 Å². The molecule has 1 aromatic heterocycles. The molecule has 0 saturated heterocycles. The molecule has 0 unspecified atom stereocenters. The molecule has 1 saturated carbocycles. The summed E-state index contributed by atoms with van der Waals surface area (Å²) in [7, 11) is -4.00. The highest BCUT2D eigenvalue weighted by atomic mass is 32.2. The van der Waals surface area contributed by atoms with Crippen molar-refractivity contribution in [3.05, 3.63) is 47.5 Å². The number of aromatic nitrogens is 2. The summed E-state index contributed by atoms with van der Waals surface area (Å²) in [5.41, 5.74) is 2.55. The molecule has 2 aliphatic rings. The maximum Gasteiger partial charge on any atom is 0.294 e. The summed E-state index contributed by atoms with van der Waals surface area (Å²) < 4.78 is 29.2. The number of benzene rings is 1. The monoisotopic (exact) mass is 307 g/mol. The Kier molecular flexibility index (Phi) is 3.79. The summed E-state index contributed by atoms with van der Waals surface area (Å²) in [4.78, 5) is 7.84. The van der Waals surface area contributed by atoms with Gasteiger partial charge in [0.2, 0.25) is 0 Å². The molecule has 1 aliphatic heterocycles. The van der Waals surface area contributed by atoms with Gasteiger partial charge in [-0.1, -0.05) is 18.2 Å². The average molecular weight is 307 g/mol. The number of nitrogens with zero attached hydrogens (tertiary/aromatic N) is 1. The van der Waals surface area contributed by atoms with E-state index in [2.05, 4.69) is 15.3 Å². The lowest BCUT2D eigenvalue weighted by Gasteiger charge is -1.92. The van der Waals surface area contributed by atoms with Crippen LogP contribution in [-0.4, -0.2) is 22.9 Å². The SMILES string of the molecule is C1NCc2[nH]c(C3CC3)nc21.O=S(=O)(O)c1ccccc1. The number of rotatable bonds is 2. The van der Waals surface area contributed by atoms with Crippen LogP contribution in [0.3, 0.4) is 0 Å². The number of imidazole rings is 1. The van der Waals surface area contributed by atoms with Gasteiger partial charge in [-0.05, 0) is 25.0 Å². The molecule has 1 aliphatic carbocycles. The van der Waals surface area contributed by atoms with E-state index in [0.717, 1.165) is 19.0 Å². The molecule has 2 aromatic rings.